The Morgan fingerprint density at radius 1 is 0.754 bits per heavy atom. The summed E-state index contributed by atoms with van der Waals surface area (Å²) in [6.45, 7) is 11.3. The van der Waals surface area contributed by atoms with Gasteiger partial charge < -0.3 is 89.0 Å². The SMILES string of the molecule is C=C1COC2(OC3CC4C5CC=C6CC(O)CC(OC7OCC(O)C(OC8OCC(O)C(O)C8O)C7OC7OC(C)C(O)C(O)C7O)C6(C)C5CCC4(C)C3C2C)C(O)C1O. The Labute approximate surface area is 354 Å². The quantitative estimate of drug-likeness (QED) is 0.134. The number of aliphatic hydroxyl groups is 10. The van der Waals surface area contributed by atoms with Crippen LogP contribution in [0.25, 0.3) is 0 Å². The van der Waals surface area contributed by atoms with Crippen LogP contribution in [0.1, 0.15) is 66.2 Å². The first kappa shape index (κ1) is 44.9. The van der Waals surface area contributed by atoms with E-state index in [-0.39, 0.29) is 67.3 Å². The van der Waals surface area contributed by atoms with Crippen molar-refractivity contribution in [2.75, 3.05) is 19.8 Å². The predicted molar refractivity (Wildman–Crippen MR) is 206 cm³/mol. The van der Waals surface area contributed by atoms with Crippen LogP contribution in [0.5, 0.6) is 0 Å². The van der Waals surface area contributed by atoms with Gasteiger partial charge in [-0.1, -0.05) is 39.0 Å². The summed E-state index contributed by atoms with van der Waals surface area (Å²) in [4.78, 5) is 0. The van der Waals surface area contributed by atoms with Crippen molar-refractivity contribution >= 4 is 0 Å². The molecule has 0 aromatic carbocycles. The van der Waals surface area contributed by atoms with E-state index in [2.05, 4.69) is 33.4 Å². The van der Waals surface area contributed by atoms with E-state index in [1.165, 1.54) is 6.92 Å². The van der Waals surface area contributed by atoms with Gasteiger partial charge >= 0.3 is 0 Å². The molecule has 5 aliphatic heterocycles. The monoisotopic (exact) mass is 870 g/mol. The highest BCUT2D eigenvalue weighted by Crippen LogP contribution is 2.71. The second-order valence-electron chi connectivity index (χ2n) is 20.1. The smallest absolute Gasteiger partial charge is 0.200 e. The lowest BCUT2D eigenvalue weighted by Crippen LogP contribution is -2.65. The van der Waals surface area contributed by atoms with Crippen LogP contribution in [0.3, 0.4) is 0 Å². The molecule has 9 aliphatic rings. The van der Waals surface area contributed by atoms with Crippen molar-refractivity contribution in [1.82, 2.24) is 0 Å². The van der Waals surface area contributed by atoms with Crippen LogP contribution in [0.15, 0.2) is 23.8 Å². The lowest BCUT2D eigenvalue weighted by atomic mass is 9.46. The van der Waals surface area contributed by atoms with Crippen LogP contribution >= 0.6 is 0 Å². The maximum absolute atomic E-state index is 11.4. The van der Waals surface area contributed by atoms with Crippen molar-refractivity contribution in [2.45, 2.75) is 182 Å². The van der Waals surface area contributed by atoms with Crippen LogP contribution in [-0.4, -0.2) is 187 Å². The maximum atomic E-state index is 11.4. The first-order valence-electron chi connectivity index (χ1n) is 22.2. The molecule has 346 valence electrons. The highest BCUT2D eigenvalue weighted by Gasteiger charge is 2.72. The zero-order valence-electron chi connectivity index (χ0n) is 35.2. The highest BCUT2D eigenvalue weighted by atomic mass is 16.8. The van der Waals surface area contributed by atoms with Gasteiger partial charge in [0.1, 0.15) is 67.1 Å². The molecular weight excluding hydrogens is 804 g/mol. The molecule has 4 aliphatic carbocycles. The summed E-state index contributed by atoms with van der Waals surface area (Å²) in [5.41, 5.74) is 0.715. The van der Waals surface area contributed by atoms with E-state index in [9.17, 15) is 51.1 Å². The van der Waals surface area contributed by atoms with Gasteiger partial charge in [-0.2, -0.15) is 0 Å². The number of ether oxygens (including phenoxy) is 8. The Kier molecular flexibility index (Phi) is 12.0. The fourth-order valence-corrected chi connectivity index (χ4v) is 13.5. The largest absolute Gasteiger partial charge is 0.393 e. The van der Waals surface area contributed by atoms with Crippen molar-refractivity contribution in [1.29, 1.82) is 0 Å². The molecule has 26 unspecified atom stereocenters. The van der Waals surface area contributed by atoms with Gasteiger partial charge in [0.15, 0.2) is 18.9 Å². The van der Waals surface area contributed by atoms with Gasteiger partial charge in [-0.3, -0.25) is 0 Å². The summed E-state index contributed by atoms with van der Waals surface area (Å²) in [7, 11) is 0. The molecule has 0 aromatic heterocycles. The van der Waals surface area contributed by atoms with E-state index in [0.29, 0.717) is 12.0 Å². The molecule has 0 bridgehead atoms. The van der Waals surface area contributed by atoms with Crippen molar-refractivity contribution in [2.24, 2.45) is 40.4 Å². The summed E-state index contributed by atoms with van der Waals surface area (Å²) in [6.07, 6.45) is -17.1. The number of hydrogen-bond donors (Lipinski definition) is 10. The minimum atomic E-state index is -1.75. The van der Waals surface area contributed by atoms with E-state index in [1.807, 2.05) is 0 Å². The molecule has 0 amide bonds. The molecule has 3 saturated carbocycles. The molecule has 18 nitrogen and oxygen atoms in total. The van der Waals surface area contributed by atoms with Gasteiger partial charge in [0, 0.05) is 17.8 Å². The summed E-state index contributed by atoms with van der Waals surface area (Å²) in [6, 6.07) is 0. The molecule has 1 spiro atoms. The molecule has 9 rings (SSSR count). The molecular formula is C43H66O18. The second-order valence-corrected chi connectivity index (χ2v) is 20.1. The summed E-state index contributed by atoms with van der Waals surface area (Å²) in [5.74, 6) is -0.909. The van der Waals surface area contributed by atoms with E-state index in [4.69, 9.17) is 37.9 Å². The van der Waals surface area contributed by atoms with Gasteiger partial charge in [-0.05, 0) is 73.7 Å². The van der Waals surface area contributed by atoms with E-state index >= 15 is 0 Å². The molecule has 18 heteroatoms. The molecule has 10 N–H and O–H groups in total. The van der Waals surface area contributed by atoms with Crippen molar-refractivity contribution in [3.8, 4) is 0 Å². The van der Waals surface area contributed by atoms with Gasteiger partial charge in [0.05, 0.1) is 44.2 Å². The Morgan fingerprint density at radius 2 is 1.44 bits per heavy atom. The lowest BCUT2D eigenvalue weighted by molar-refractivity contribution is -0.382. The Morgan fingerprint density at radius 3 is 2.20 bits per heavy atom. The number of allylic oxidation sites excluding steroid dienone is 1. The highest BCUT2D eigenvalue weighted by molar-refractivity contribution is 5.29. The van der Waals surface area contributed by atoms with Gasteiger partial charge in [0.2, 0.25) is 5.79 Å². The molecule has 8 fully saturated rings. The number of rotatable bonds is 6. The minimum Gasteiger partial charge on any atom is -0.393 e. The second kappa shape index (κ2) is 16.3. The average molecular weight is 871 g/mol. The first-order chi connectivity index (χ1) is 28.8. The van der Waals surface area contributed by atoms with Crippen LogP contribution < -0.4 is 0 Å². The molecule has 26 atom stereocenters. The van der Waals surface area contributed by atoms with Crippen LogP contribution in [0, 0.1) is 40.4 Å². The topological polar surface area (TPSA) is 276 Å². The van der Waals surface area contributed by atoms with E-state index < -0.39 is 116 Å². The molecule has 61 heavy (non-hydrogen) atoms. The molecule has 5 heterocycles. The summed E-state index contributed by atoms with van der Waals surface area (Å²) in [5, 5.41) is 108. The third kappa shape index (κ3) is 6.97. The standard InChI is InChI=1S/C43H66O18/c1-16-13-56-43(37(53)29(16)47)17(2)28-26(61-43)12-23-21-7-6-19-10-20(44)11-27(42(19,5)22(21)8-9-41(23,28)4)58-40-36(60-39-34(52)32(50)30(48)18(3)57-39)35(25(46)15-55-40)59-38-33(51)31(49)24(45)14-54-38/h6,17-18,20-40,44-53H,1,7-15H2,2-5H3. The lowest BCUT2D eigenvalue weighted by Gasteiger charge is -2.60. The Balaban J connectivity index is 0.995. The summed E-state index contributed by atoms with van der Waals surface area (Å²) < 4.78 is 49.9. The fraction of sp³-hybridized carbons (Fsp3) is 0.907. The van der Waals surface area contributed by atoms with E-state index in [0.717, 1.165) is 31.3 Å². The average Bonchev–Trinajstić information content (AvgIpc) is 3.68. The van der Waals surface area contributed by atoms with Gasteiger partial charge in [-0.25, -0.2) is 0 Å². The number of fused-ring (bicyclic) bond motifs is 7. The summed E-state index contributed by atoms with van der Waals surface area (Å²) >= 11 is 0. The molecule has 0 aromatic rings. The van der Waals surface area contributed by atoms with Crippen molar-refractivity contribution < 1.29 is 89.0 Å². The zero-order chi connectivity index (χ0) is 43.7. The van der Waals surface area contributed by atoms with Crippen LogP contribution in [-0.2, 0) is 37.9 Å². The van der Waals surface area contributed by atoms with Crippen molar-refractivity contribution in [3.63, 3.8) is 0 Å². The third-order valence-electron chi connectivity index (χ3n) is 16.9. The number of aliphatic hydroxyl groups excluding tert-OH is 10. The van der Waals surface area contributed by atoms with E-state index in [1.54, 1.807) is 0 Å². The Bertz CT molecular complexity index is 1670. The first-order valence-corrected chi connectivity index (χ1v) is 22.2. The minimum absolute atomic E-state index is 0.0673. The van der Waals surface area contributed by atoms with Gasteiger partial charge in [0.25, 0.3) is 0 Å². The fourth-order valence-electron chi connectivity index (χ4n) is 13.5. The van der Waals surface area contributed by atoms with Crippen LogP contribution in [0.4, 0.5) is 0 Å². The Hall–Kier alpha value is -1.24. The normalized spacial score (nSPS) is 58.4. The third-order valence-corrected chi connectivity index (χ3v) is 16.9. The molecule has 5 saturated heterocycles. The zero-order valence-corrected chi connectivity index (χ0v) is 35.2. The van der Waals surface area contributed by atoms with Crippen LogP contribution in [0.2, 0.25) is 0 Å². The van der Waals surface area contributed by atoms with Crippen molar-refractivity contribution in [3.05, 3.63) is 23.8 Å². The molecule has 0 radical (unpaired) electrons. The van der Waals surface area contributed by atoms with Gasteiger partial charge in [-0.15, -0.1) is 0 Å². The number of hydrogen-bond acceptors (Lipinski definition) is 18. The predicted octanol–water partition coefficient (Wildman–Crippen LogP) is -1.68. The maximum Gasteiger partial charge on any atom is 0.200 e.